The Morgan fingerprint density at radius 1 is 1.05 bits per heavy atom. The van der Waals surface area contributed by atoms with Crippen molar-refractivity contribution in [2.45, 2.75) is 0 Å². The number of carbonyl (C=O) groups is 1. The van der Waals surface area contributed by atoms with Crippen molar-refractivity contribution >= 4 is 11.6 Å². The van der Waals surface area contributed by atoms with Gasteiger partial charge >= 0.3 is 0 Å². The first-order chi connectivity index (χ1) is 9.70. The third-order valence-corrected chi connectivity index (χ3v) is 3.36. The van der Waals surface area contributed by atoms with Crippen molar-refractivity contribution in [1.82, 2.24) is 0 Å². The SMILES string of the molecule is COc1ccc2c(c1)N(C)C(=O)c1ccccc1C#C2. The number of methoxy groups -OCH3 is 1. The van der Waals surface area contributed by atoms with Crippen molar-refractivity contribution in [3.8, 4) is 17.6 Å². The number of nitrogens with zero attached hydrogens (tertiary/aromatic N) is 1. The predicted molar refractivity (Wildman–Crippen MR) is 78.1 cm³/mol. The Balaban J connectivity index is 2.24. The molecule has 1 aliphatic heterocycles. The van der Waals surface area contributed by atoms with E-state index in [4.69, 9.17) is 4.74 Å². The molecule has 1 heterocycles. The molecule has 0 bridgehead atoms. The van der Waals surface area contributed by atoms with Crippen molar-refractivity contribution in [3.63, 3.8) is 0 Å². The maximum atomic E-state index is 12.6. The number of hydrogen-bond donors (Lipinski definition) is 0. The topological polar surface area (TPSA) is 29.5 Å². The minimum Gasteiger partial charge on any atom is -0.497 e. The van der Waals surface area contributed by atoms with Crippen LogP contribution in [0.2, 0.25) is 0 Å². The highest BCUT2D eigenvalue weighted by atomic mass is 16.5. The summed E-state index contributed by atoms with van der Waals surface area (Å²) in [5.74, 6) is 6.84. The maximum Gasteiger partial charge on any atom is 0.259 e. The van der Waals surface area contributed by atoms with Gasteiger partial charge in [-0.3, -0.25) is 4.79 Å². The zero-order valence-electron chi connectivity index (χ0n) is 11.3. The summed E-state index contributed by atoms with van der Waals surface area (Å²) in [4.78, 5) is 14.2. The summed E-state index contributed by atoms with van der Waals surface area (Å²) in [6.07, 6.45) is 0. The molecule has 2 aromatic rings. The van der Waals surface area contributed by atoms with Crippen molar-refractivity contribution < 1.29 is 9.53 Å². The quantitative estimate of drug-likeness (QED) is 0.740. The van der Waals surface area contributed by atoms with E-state index < -0.39 is 0 Å². The average molecular weight is 263 g/mol. The molecule has 0 unspecified atom stereocenters. The number of anilines is 1. The van der Waals surface area contributed by atoms with E-state index in [1.165, 1.54) is 0 Å². The van der Waals surface area contributed by atoms with Crippen LogP contribution in [-0.4, -0.2) is 20.1 Å². The van der Waals surface area contributed by atoms with Gasteiger partial charge in [0.25, 0.3) is 5.91 Å². The normalized spacial score (nSPS) is 12.5. The molecule has 0 saturated heterocycles. The van der Waals surface area contributed by atoms with Crippen LogP contribution in [0.25, 0.3) is 0 Å². The molecular formula is C17H13NO2. The molecule has 2 aromatic carbocycles. The lowest BCUT2D eigenvalue weighted by molar-refractivity contribution is 0.0992. The molecule has 0 aromatic heterocycles. The van der Waals surface area contributed by atoms with Gasteiger partial charge in [0.1, 0.15) is 5.75 Å². The van der Waals surface area contributed by atoms with E-state index in [-0.39, 0.29) is 5.91 Å². The Kier molecular flexibility index (Phi) is 2.92. The van der Waals surface area contributed by atoms with E-state index in [0.717, 1.165) is 16.8 Å². The Morgan fingerprint density at radius 2 is 1.80 bits per heavy atom. The van der Waals surface area contributed by atoms with E-state index in [9.17, 15) is 4.79 Å². The van der Waals surface area contributed by atoms with Crippen LogP contribution in [0, 0.1) is 11.8 Å². The summed E-state index contributed by atoms with van der Waals surface area (Å²) in [5, 5.41) is 0. The largest absolute Gasteiger partial charge is 0.497 e. The molecule has 3 rings (SSSR count). The molecule has 98 valence electrons. The Bertz CT molecular complexity index is 753. The lowest BCUT2D eigenvalue weighted by Crippen LogP contribution is -2.28. The first-order valence-electron chi connectivity index (χ1n) is 6.28. The molecule has 0 aliphatic carbocycles. The van der Waals surface area contributed by atoms with Gasteiger partial charge in [-0.1, -0.05) is 24.0 Å². The van der Waals surface area contributed by atoms with Crippen LogP contribution in [0.5, 0.6) is 5.75 Å². The lowest BCUT2D eigenvalue weighted by atomic mass is 10.0. The van der Waals surface area contributed by atoms with Crippen molar-refractivity contribution in [3.05, 3.63) is 59.2 Å². The fourth-order valence-corrected chi connectivity index (χ4v) is 2.22. The van der Waals surface area contributed by atoms with E-state index in [1.807, 2.05) is 36.4 Å². The summed E-state index contributed by atoms with van der Waals surface area (Å²) in [6, 6.07) is 12.9. The minimum atomic E-state index is -0.0656. The second kappa shape index (κ2) is 4.75. The van der Waals surface area contributed by atoms with Crippen LogP contribution >= 0.6 is 0 Å². The number of amides is 1. The number of carbonyl (C=O) groups excluding carboxylic acids is 1. The Morgan fingerprint density at radius 3 is 2.60 bits per heavy atom. The number of benzene rings is 2. The van der Waals surface area contributed by atoms with Gasteiger partial charge in [-0.05, 0) is 24.3 Å². The fourth-order valence-electron chi connectivity index (χ4n) is 2.22. The lowest BCUT2D eigenvalue weighted by Gasteiger charge is -2.21. The molecule has 0 atom stereocenters. The smallest absolute Gasteiger partial charge is 0.259 e. The van der Waals surface area contributed by atoms with E-state index in [1.54, 1.807) is 25.1 Å². The molecule has 0 saturated carbocycles. The summed E-state index contributed by atoms with van der Waals surface area (Å²) >= 11 is 0. The van der Waals surface area contributed by atoms with E-state index >= 15 is 0 Å². The highest BCUT2D eigenvalue weighted by Crippen LogP contribution is 2.28. The highest BCUT2D eigenvalue weighted by molar-refractivity contribution is 6.08. The van der Waals surface area contributed by atoms with Crippen molar-refractivity contribution in [1.29, 1.82) is 0 Å². The zero-order chi connectivity index (χ0) is 14.1. The first-order valence-corrected chi connectivity index (χ1v) is 6.28. The molecule has 1 aliphatic rings. The van der Waals surface area contributed by atoms with Crippen LogP contribution in [0.4, 0.5) is 5.69 Å². The average Bonchev–Trinajstić information content (AvgIpc) is 2.50. The molecule has 20 heavy (non-hydrogen) atoms. The third kappa shape index (κ3) is 1.92. The minimum absolute atomic E-state index is 0.0656. The van der Waals surface area contributed by atoms with Gasteiger partial charge in [0, 0.05) is 24.2 Å². The summed E-state index contributed by atoms with van der Waals surface area (Å²) < 4.78 is 5.22. The maximum absolute atomic E-state index is 12.6. The molecule has 0 radical (unpaired) electrons. The van der Waals surface area contributed by atoms with Crippen molar-refractivity contribution in [2.24, 2.45) is 0 Å². The monoisotopic (exact) mass is 263 g/mol. The highest BCUT2D eigenvalue weighted by Gasteiger charge is 2.20. The molecule has 3 heteroatoms. The predicted octanol–water partition coefficient (Wildman–Crippen LogP) is 2.69. The second-order valence-electron chi connectivity index (χ2n) is 4.54. The molecular weight excluding hydrogens is 250 g/mol. The van der Waals surface area contributed by atoms with Crippen LogP contribution in [-0.2, 0) is 0 Å². The summed E-state index contributed by atoms with van der Waals surface area (Å²) in [6.45, 7) is 0. The second-order valence-corrected chi connectivity index (χ2v) is 4.54. The van der Waals surface area contributed by atoms with Gasteiger partial charge < -0.3 is 9.64 Å². The molecule has 1 amide bonds. The summed E-state index contributed by atoms with van der Waals surface area (Å²) in [7, 11) is 3.36. The van der Waals surface area contributed by atoms with Crippen LogP contribution in [0.15, 0.2) is 42.5 Å². The first kappa shape index (κ1) is 12.3. The van der Waals surface area contributed by atoms with Gasteiger partial charge in [0.15, 0.2) is 0 Å². The van der Waals surface area contributed by atoms with E-state index in [2.05, 4.69) is 11.8 Å². The number of hydrogen-bond acceptors (Lipinski definition) is 2. The van der Waals surface area contributed by atoms with Gasteiger partial charge in [-0.25, -0.2) is 0 Å². The molecule has 3 nitrogen and oxygen atoms in total. The third-order valence-electron chi connectivity index (χ3n) is 3.36. The van der Waals surface area contributed by atoms with Gasteiger partial charge in [0.2, 0.25) is 0 Å². The number of rotatable bonds is 1. The van der Waals surface area contributed by atoms with Crippen molar-refractivity contribution in [2.75, 3.05) is 19.1 Å². The van der Waals surface area contributed by atoms with Gasteiger partial charge in [-0.2, -0.15) is 0 Å². The number of ether oxygens (including phenoxy) is 1. The van der Waals surface area contributed by atoms with Gasteiger partial charge in [0.05, 0.1) is 18.4 Å². The molecule has 0 N–H and O–H groups in total. The van der Waals surface area contributed by atoms with Crippen LogP contribution in [0.1, 0.15) is 21.5 Å². The summed E-state index contributed by atoms with van der Waals surface area (Å²) in [5.41, 5.74) is 2.95. The molecule has 0 fully saturated rings. The van der Waals surface area contributed by atoms with Crippen LogP contribution < -0.4 is 9.64 Å². The molecule has 0 spiro atoms. The fraction of sp³-hybridized carbons (Fsp3) is 0.118. The van der Waals surface area contributed by atoms with Crippen LogP contribution in [0.3, 0.4) is 0 Å². The Labute approximate surface area is 117 Å². The van der Waals surface area contributed by atoms with E-state index in [0.29, 0.717) is 11.3 Å². The standard InChI is InChI=1S/C17H13NO2/c1-18-16-11-14(20-2)10-9-13(16)8-7-12-5-3-4-6-15(12)17(18)19/h3-6,9-11H,1-2H3. The number of fused-ring (bicyclic) bond motifs is 2. The Hall–Kier alpha value is -2.73. The van der Waals surface area contributed by atoms with Gasteiger partial charge in [-0.15, -0.1) is 0 Å². The zero-order valence-corrected chi connectivity index (χ0v) is 11.3.